The summed E-state index contributed by atoms with van der Waals surface area (Å²) in [5.41, 5.74) is 1.15. The van der Waals surface area contributed by atoms with Crippen LogP contribution in [0.1, 0.15) is 36.2 Å². The summed E-state index contributed by atoms with van der Waals surface area (Å²) in [6, 6.07) is 4.68. The van der Waals surface area contributed by atoms with Gasteiger partial charge in [-0.15, -0.1) is 0 Å². The van der Waals surface area contributed by atoms with Crippen molar-refractivity contribution in [2.45, 2.75) is 33.3 Å². The smallest absolute Gasteiger partial charge is 0.251 e. The van der Waals surface area contributed by atoms with Gasteiger partial charge in [0.05, 0.1) is 6.10 Å². The molecule has 1 rings (SSSR count). The number of benzene rings is 1. The third-order valence-electron chi connectivity index (χ3n) is 2.70. The van der Waals surface area contributed by atoms with Crippen LogP contribution in [0.15, 0.2) is 18.2 Å². The van der Waals surface area contributed by atoms with Crippen LogP contribution in [0.5, 0.6) is 5.75 Å². The van der Waals surface area contributed by atoms with Crippen LogP contribution in [-0.4, -0.2) is 28.8 Å². The Labute approximate surface area is 108 Å². The lowest BCUT2D eigenvalue weighted by molar-refractivity contribution is 0.0900. The van der Waals surface area contributed by atoms with Crippen LogP contribution in [0.25, 0.3) is 0 Å². The highest BCUT2D eigenvalue weighted by atomic mass is 16.3. The fraction of sp³-hybridized carbons (Fsp3) is 0.500. The molecular weight excluding hydrogens is 230 g/mol. The van der Waals surface area contributed by atoms with E-state index in [4.69, 9.17) is 0 Å². The van der Waals surface area contributed by atoms with Crippen molar-refractivity contribution >= 4 is 5.91 Å². The minimum atomic E-state index is -0.521. The molecule has 0 spiro atoms. The highest BCUT2D eigenvalue weighted by molar-refractivity contribution is 5.94. The quantitative estimate of drug-likeness (QED) is 0.748. The van der Waals surface area contributed by atoms with E-state index in [-0.39, 0.29) is 18.2 Å². The number of carbonyl (C=O) groups excluding carboxylic acids is 1. The molecule has 0 aliphatic rings. The molecule has 1 aromatic rings. The molecule has 0 heterocycles. The molecule has 0 aliphatic carbocycles. The van der Waals surface area contributed by atoms with Gasteiger partial charge in [0.15, 0.2) is 0 Å². The predicted molar refractivity (Wildman–Crippen MR) is 70.6 cm³/mol. The van der Waals surface area contributed by atoms with Gasteiger partial charge in [0, 0.05) is 12.1 Å². The minimum absolute atomic E-state index is 0.173. The van der Waals surface area contributed by atoms with Crippen LogP contribution >= 0.6 is 0 Å². The van der Waals surface area contributed by atoms with Gasteiger partial charge in [0.2, 0.25) is 0 Å². The standard InChI is InChI=1S/C14H21NO3/c1-9(2)6-12(16)8-15-14(18)11-4-5-13(17)10(3)7-11/h4-5,7,9,12,16-17H,6,8H2,1-3H3,(H,15,18). The topological polar surface area (TPSA) is 69.6 Å². The van der Waals surface area contributed by atoms with E-state index in [1.807, 2.05) is 13.8 Å². The van der Waals surface area contributed by atoms with E-state index in [2.05, 4.69) is 5.32 Å². The van der Waals surface area contributed by atoms with E-state index < -0.39 is 6.10 Å². The first-order valence-electron chi connectivity index (χ1n) is 6.16. The zero-order valence-electron chi connectivity index (χ0n) is 11.1. The molecule has 1 aromatic carbocycles. The second kappa shape index (κ2) is 6.40. The van der Waals surface area contributed by atoms with Gasteiger partial charge >= 0.3 is 0 Å². The van der Waals surface area contributed by atoms with E-state index in [1.165, 1.54) is 6.07 Å². The Kier molecular flexibility index (Phi) is 5.16. The molecule has 0 aliphatic heterocycles. The summed E-state index contributed by atoms with van der Waals surface area (Å²) in [6.45, 7) is 6.03. The van der Waals surface area contributed by atoms with Crippen molar-refractivity contribution in [2.75, 3.05) is 6.54 Å². The maximum atomic E-state index is 11.8. The van der Waals surface area contributed by atoms with E-state index in [1.54, 1.807) is 19.1 Å². The maximum Gasteiger partial charge on any atom is 0.251 e. The van der Waals surface area contributed by atoms with E-state index in [0.29, 0.717) is 23.5 Å². The van der Waals surface area contributed by atoms with Gasteiger partial charge in [0.25, 0.3) is 5.91 Å². The van der Waals surface area contributed by atoms with Crippen molar-refractivity contribution in [1.29, 1.82) is 0 Å². The minimum Gasteiger partial charge on any atom is -0.508 e. The third-order valence-corrected chi connectivity index (χ3v) is 2.70. The number of amides is 1. The molecule has 0 radical (unpaired) electrons. The molecule has 3 N–H and O–H groups in total. The number of hydrogen-bond acceptors (Lipinski definition) is 3. The van der Waals surface area contributed by atoms with Gasteiger partial charge in [-0.1, -0.05) is 13.8 Å². The van der Waals surface area contributed by atoms with Crippen molar-refractivity contribution in [1.82, 2.24) is 5.32 Å². The van der Waals surface area contributed by atoms with Gasteiger partial charge < -0.3 is 15.5 Å². The molecule has 0 saturated carbocycles. The van der Waals surface area contributed by atoms with Crippen LogP contribution in [0.3, 0.4) is 0 Å². The molecule has 0 saturated heterocycles. The number of aliphatic hydroxyl groups excluding tert-OH is 1. The number of aryl methyl sites for hydroxylation is 1. The number of carbonyl (C=O) groups is 1. The summed E-state index contributed by atoms with van der Waals surface area (Å²) in [4.78, 5) is 11.8. The summed E-state index contributed by atoms with van der Waals surface area (Å²) >= 11 is 0. The largest absolute Gasteiger partial charge is 0.508 e. The summed E-state index contributed by atoms with van der Waals surface area (Å²) in [5, 5.41) is 21.7. The summed E-state index contributed by atoms with van der Waals surface area (Å²) in [6.07, 6.45) is 0.140. The van der Waals surface area contributed by atoms with Crippen LogP contribution in [-0.2, 0) is 0 Å². The fourth-order valence-electron chi connectivity index (χ4n) is 1.74. The van der Waals surface area contributed by atoms with Crippen LogP contribution in [0, 0.1) is 12.8 Å². The zero-order valence-corrected chi connectivity index (χ0v) is 11.1. The molecule has 4 nitrogen and oxygen atoms in total. The second-order valence-electron chi connectivity index (χ2n) is 4.99. The van der Waals surface area contributed by atoms with Gasteiger partial charge in [-0.2, -0.15) is 0 Å². The average Bonchev–Trinajstić information content (AvgIpc) is 2.28. The molecule has 100 valence electrons. The molecule has 0 aromatic heterocycles. The number of aromatic hydroxyl groups is 1. The van der Waals surface area contributed by atoms with E-state index >= 15 is 0 Å². The Bertz CT molecular complexity index is 416. The Balaban J connectivity index is 2.52. The third kappa shape index (κ3) is 4.37. The van der Waals surface area contributed by atoms with E-state index in [9.17, 15) is 15.0 Å². The van der Waals surface area contributed by atoms with Crippen molar-refractivity contribution in [3.8, 4) is 5.75 Å². The number of phenols is 1. The molecule has 4 heteroatoms. The molecule has 18 heavy (non-hydrogen) atoms. The number of phenolic OH excluding ortho intramolecular Hbond substituents is 1. The predicted octanol–water partition coefficient (Wildman–Crippen LogP) is 1.84. The first-order chi connectivity index (χ1) is 8.40. The lowest BCUT2D eigenvalue weighted by Gasteiger charge is -2.14. The Morgan fingerprint density at radius 1 is 1.39 bits per heavy atom. The van der Waals surface area contributed by atoms with Crippen molar-refractivity contribution < 1.29 is 15.0 Å². The summed E-state index contributed by atoms with van der Waals surface area (Å²) in [7, 11) is 0. The maximum absolute atomic E-state index is 11.8. The number of nitrogens with one attached hydrogen (secondary N) is 1. The Morgan fingerprint density at radius 3 is 2.61 bits per heavy atom. The lowest BCUT2D eigenvalue weighted by atomic mass is 10.1. The number of hydrogen-bond donors (Lipinski definition) is 3. The Morgan fingerprint density at radius 2 is 2.06 bits per heavy atom. The molecule has 1 unspecified atom stereocenters. The van der Waals surface area contributed by atoms with Crippen molar-refractivity contribution in [3.05, 3.63) is 29.3 Å². The molecular formula is C14H21NO3. The molecule has 1 atom stereocenters. The summed E-state index contributed by atoms with van der Waals surface area (Å²) in [5.74, 6) is 0.333. The second-order valence-corrected chi connectivity index (χ2v) is 4.99. The molecule has 0 bridgehead atoms. The van der Waals surface area contributed by atoms with Gasteiger partial charge in [-0.25, -0.2) is 0 Å². The normalized spacial score (nSPS) is 12.5. The molecule has 1 amide bonds. The summed E-state index contributed by atoms with van der Waals surface area (Å²) < 4.78 is 0. The Hall–Kier alpha value is -1.55. The SMILES string of the molecule is Cc1cc(C(=O)NCC(O)CC(C)C)ccc1O. The van der Waals surface area contributed by atoms with Gasteiger partial charge in [0.1, 0.15) is 5.75 Å². The highest BCUT2D eigenvalue weighted by Crippen LogP contribution is 2.16. The average molecular weight is 251 g/mol. The first-order valence-corrected chi connectivity index (χ1v) is 6.16. The van der Waals surface area contributed by atoms with Crippen LogP contribution < -0.4 is 5.32 Å². The lowest BCUT2D eigenvalue weighted by Crippen LogP contribution is -2.32. The van der Waals surface area contributed by atoms with Gasteiger partial charge in [-0.05, 0) is 43.0 Å². The van der Waals surface area contributed by atoms with Gasteiger partial charge in [-0.3, -0.25) is 4.79 Å². The monoisotopic (exact) mass is 251 g/mol. The number of aliphatic hydroxyl groups is 1. The van der Waals surface area contributed by atoms with Crippen molar-refractivity contribution in [3.63, 3.8) is 0 Å². The highest BCUT2D eigenvalue weighted by Gasteiger charge is 2.11. The first kappa shape index (κ1) is 14.5. The van der Waals surface area contributed by atoms with Crippen LogP contribution in [0.2, 0.25) is 0 Å². The van der Waals surface area contributed by atoms with Crippen molar-refractivity contribution in [2.24, 2.45) is 5.92 Å². The van der Waals surface area contributed by atoms with E-state index in [0.717, 1.165) is 0 Å². The molecule has 0 fully saturated rings. The fourth-order valence-corrected chi connectivity index (χ4v) is 1.74. The number of rotatable bonds is 5. The zero-order chi connectivity index (χ0) is 13.7. The van der Waals surface area contributed by atoms with Crippen LogP contribution in [0.4, 0.5) is 0 Å².